The summed E-state index contributed by atoms with van der Waals surface area (Å²) >= 11 is 5.42. The molecule has 6 heteroatoms. The van der Waals surface area contributed by atoms with Crippen LogP contribution in [-0.4, -0.2) is 29.5 Å². The number of halogens is 3. The zero-order chi connectivity index (χ0) is 11.4. The minimum absolute atomic E-state index is 0.0433. The SMILES string of the molecule is OCC(O)CNc1c(F)cc(Cl)cc1F. The molecule has 0 aliphatic heterocycles. The highest BCUT2D eigenvalue weighted by Crippen LogP contribution is 2.23. The monoisotopic (exact) mass is 237 g/mol. The molecular formula is C9H10ClF2NO2. The van der Waals surface area contributed by atoms with Gasteiger partial charge in [-0.3, -0.25) is 0 Å². The molecule has 15 heavy (non-hydrogen) atoms. The fourth-order valence-electron chi connectivity index (χ4n) is 0.996. The minimum atomic E-state index is -1.07. The van der Waals surface area contributed by atoms with E-state index in [1.54, 1.807) is 0 Å². The molecule has 0 heterocycles. The number of anilines is 1. The Balaban J connectivity index is 2.77. The molecule has 0 bridgehead atoms. The van der Waals surface area contributed by atoms with Gasteiger partial charge in [-0.25, -0.2) is 8.78 Å². The number of aliphatic hydroxyl groups excluding tert-OH is 2. The lowest BCUT2D eigenvalue weighted by atomic mass is 10.2. The van der Waals surface area contributed by atoms with E-state index >= 15 is 0 Å². The van der Waals surface area contributed by atoms with Gasteiger partial charge in [-0.15, -0.1) is 0 Å². The molecule has 1 atom stereocenters. The number of benzene rings is 1. The quantitative estimate of drug-likeness (QED) is 0.742. The third-order valence-corrected chi connectivity index (χ3v) is 1.95. The molecule has 1 aromatic carbocycles. The second-order valence-electron chi connectivity index (χ2n) is 2.96. The number of nitrogens with one attached hydrogen (secondary N) is 1. The fourth-order valence-corrected chi connectivity index (χ4v) is 1.19. The van der Waals surface area contributed by atoms with Crippen molar-refractivity contribution < 1.29 is 19.0 Å². The van der Waals surface area contributed by atoms with E-state index in [0.717, 1.165) is 12.1 Å². The van der Waals surface area contributed by atoms with Gasteiger partial charge in [0.05, 0.1) is 12.7 Å². The van der Waals surface area contributed by atoms with Crippen LogP contribution in [0.1, 0.15) is 0 Å². The molecule has 0 aromatic heterocycles. The van der Waals surface area contributed by atoms with Gasteiger partial charge in [-0.2, -0.15) is 0 Å². The van der Waals surface area contributed by atoms with Gasteiger partial charge in [-0.1, -0.05) is 11.6 Å². The lowest BCUT2D eigenvalue weighted by Gasteiger charge is -2.11. The van der Waals surface area contributed by atoms with Gasteiger partial charge in [0.2, 0.25) is 0 Å². The summed E-state index contributed by atoms with van der Waals surface area (Å²) in [5.74, 6) is -1.68. The maximum Gasteiger partial charge on any atom is 0.150 e. The Morgan fingerprint density at radius 2 is 1.87 bits per heavy atom. The molecule has 3 N–H and O–H groups in total. The lowest BCUT2D eigenvalue weighted by Crippen LogP contribution is -2.23. The highest BCUT2D eigenvalue weighted by atomic mass is 35.5. The predicted octanol–water partition coefficient (Wildman–Crippen LogP) is 1.38. The molecule has 0 aliphatic carbocycles. The minimum Gasteiger partial charge on any atom is -0.394 e. The zero-order valence-corrected chi connectivity index (χ0v) is 8.43. The van der Waals surface area contributed by atoms with E-state index in [1.807, 2.05) is 0 Å². The van der Waals surface area contributed by atoms with E-state index in [2.05, 4.69) is 5.32 Å². The second-order valence-corrected chi connectivity index (χ2v) is 3.40. The number of hydrogen-bond donors (Lipinski definition) is 3. The van der Waals surface area contributed by atoms with E-state index in [1.165, 1.54) is 0 Å². The van der Waals surface area contributed by atoms with Gasteiger partial charge >= 0.3 is 0 Å². The van der Waals surface area contributed by atoms with Crippen LogP contribution in [-0.2, 0) is 0 Å². The molecule has 0 fully saturated rings. The van der Waals surface area contributed by atoms with Crippen molar-refractivity contribution in [2.24, 2.45) is 0 Å². The lowest BCUT2D eigenvalue weighted by molar-refractivity contribution is 0.105. The molecule has 0 amide bonds. The molecule has 3 nitrogen and oxygen atoms in total. The summed E-state index contributed by atoms with van der Waals surface area (Å²) in [5.41, 5.74) is -0.369. The molecule has 1 rings (SSSR count). The van der Waals surface area contributed by atoms with E-state index < -0.39 is 24.3 Å². The Labute approximate surface area is 90.3 Å². The number of rotatable bonds is 4. The maximum atomic E-state index is 13.1. The Bertz CT molecular complexity index is 326. The predicted molar refractivity (Wildman–Crippen MR) is 53.0 cm³/mol. The van der Waals surface area contributed by atoms with E-state index in [9.17, 15) is 8.78 Å². The first-order chi connectivity index (χ1) is 7.04. The first-order valence-corrected chi connectivity index (χ1v) is 4.59. The standard InChI is InChI=1S/C9H10ClF2NO2/c10-5-1-7(11)9(8(12)2-5)13-3-6(15)4-14/h1-2,6,13-15H,3-4H2. The molecule has 1 aromatic rings. The van der Waals surface area contributed by atoms with Crippen molar-refractivity contribution in [3.8, 4) is 0 Å². The van der Waals surface area contributed by atoms with E-state index in [0.29, 0.717) is 0 Å². The molecule has 0 aliphatic rings. The first kappa shape index (κ1) is 12.2. The first-order valence-electron chi connectivity index (χ1n) is 4.22. The molecule has 0 saturated heterocycles. The summed E-state index contributed by atoms with van der Waals surface area (Å²) < 4.78 is 26.3. The van der Waals surface area contributed by atoms with Crippen molar-refractivity contribution in [2.45, 2.75) is 6.10 Å². The summed E-state index contributed by atoms with van der Waals surface area (Å²) in [6, 6.07) is 1.91. The van der Waals surface area contributed by atoms with Crippen molar-refractivity contribution in [3.05, 3.63) is 28.8 Å². The van der Waals surface area contributed by atoms with Crippen LogP contribution in [0.15, 0.2) is 12.1 Å². The van der Waals surface area contributed by atoms with Crippen LogP contribution in [0.3, 0.4) is 0 Å². The van der Waals surface area contributed by atoms with Crippen molar-refractivity contribution in [1.29, 1.82) is 0 Å². The topological polar surface area (TPSA) is 52.5 Å². The van der Waals surface area contributed by atoms with Crippen LogP contribution in [0.2, 0.25) is 5.02 Å². The fraction of sp³-hybridized carbons (Fsp3) is 0.333. The van der Waals surface area contributed by atoms with Gasteiger partial charge in [0, 0.05) is 11.6 Å². The average molecular weight is 238 g/mol. The largest absolute Gasteiger partial charge is 0.394 e. The summed E-state index contributed by atoms with van der Waals surface area (Å²) in [6.07, 6.45) is -1.07. The Hall–Kier alpha value is -0.910. The molecular weight excluding hydrogens is 228 g/mol. The Morgan fingerprint density at radius 3 is 2.33 bits per heavy atom. The molecule has 84 valence electrons. The Morgan fingerprint density at radius 1 is 1.33 bits per heavy atom. The number of aliphatic hydroxyl groups is 2. The summed E-state index contributed by atoms with van der Waals surface area (Å²) in [5, 5.41) is 19.8. The van der Waals surface area contributed by atoms with Gasteiger partial charge in [-0.05, 0) is 12.1 Å². The zero-order valence-electron chi connectivity index (χ0n) is 7.67. The van der Waals surface area contributed by atoms with Crippen LogP contribution in [0.5, 0.6) is 0 Å². The van der Waals surface area contributed by atoms with Gasteiger partial charge in [0.1, 0.15) is 5.69 Å². The van der Waals surface area contributed by atoms with E-state index in [-0.39, 0.29) is 17.3 Å². The van der Waals surface area contributed by atoms with Crippen LogP contribution in [0, 0.1) is 11.6 Å². The van der Waals surface area contributed by atoms with Crippen LogP contribution in [0.4, 0.5) is 14.5 Å². The van der Waals surface area contributed by atoms with Crippen molar-refractivity contribution in [3.63, 3.8) is 0 Å². The molecule has 0 radical (unpaired) electrons. The third kappa shape index (κ3) is 3.30. The smallest absolute Gasteiger partial charge is 0.150 e. The summed E-state index contributed by atoms with van der Waals surface area (Å²) in [7, 11) is 0. The van der Waals surface area contributed by atoms with Crippen LogP contribution < -0.4 is 5.32 Å². The van der Waals surface area contributed by atoms with Gasteiger partial charge in [0.15, 0.2) is 11.6 Å². The van der Waals surface area contributed by atoms with Crippen molar-refractivity contribution in [1.82, 2.24) is 0 Å². The summed E-state index contributed by atoms with van der Waals surface area (Å²) in [6.45, 7) is -0.629. The second kappa shape index (κ2) is 5.25. The Kier molecular flexibility index (Phi) is 4.26. The highest BCUT2D eigenvalue weighted by molar-refractivity contribution is 6.30. The van der Waals surface area contributed by atoms with Crippen LogP contribution >= 0.6 is 11.6 Å². The maximum absolute atomic E-state index is 13.1. The highest BCUT2D eigenvalue weighted by Gasteiger charge is 2.11. The van der Waals surface area contributed by atoms with Gasteiger partial charge < -0.3 is 15.5 Å². The molecule has 1 unspecified atom stereocenters. The third-order valence-electron chi connectivity index (χ3n) is 1.73. The van der Waals surface area contributed by atoms with Gasteiger partial charge in [0.25, 0.3) is 0 Å². The van der Waals surface area contributed by atoms with Crippen LogP contribution in [0.25, 0.3) is 0 Å². The molecule has 0 saturated carbocycles. The van der Waals surface area contributed by atoms with Crippen molar-refractivity contribution >= 4 is 17.3 Å². The summed E-state index contributed by atoms with van der Waals surface area (Å²) in [4.78, 5) is 0. The molecule has 0 spiro atoms. The van der Waals surface area contributed by atoms with Crippen molar-refractivity contribution in [2.75, 3.05) is 18.5 Å². The number of hydrogen-bond acceptors (Lipinski definition) is 3. The van der Waals surface area contributed by atoms with E-state index in [4.69, 9.17) is 21.8 Å². The normalized spacial score (nSPS) is 12.6. The average Bonchev–Trinajstić information content (AvgIpc) is 2.15.